The molecule has 0 aliphatic heterocycles. The lowest BCUT2D eigenvalue weighted by Gasteiger charge is -2.14. The van der Waals surface area contributed by atoms with Gasteiger partial charge in [-0.15, -0.1) is 0 Å². The predicted molar refractivity (Wildman–Crippen MR) is 77.6 cm³/mol. The van der Waals surface area contributed by atoms with E-state index in [4.69, 9.17) is 27.9 Å². The number of hydrogen-bond acceptors (Lipinski definition) is 3. The lowest BCUT2D eigenvalue weighted by Crippen LogP contribution is -2.42. The second-order valence-electron chi connectivity index (χ2n) is 4.13. The Morgan fingerprint density at radius 1 is 1.37 bits per heavy atom. The summed E-state index contributed by atoms with van der Waals surface area (Å²) in [6.07, 6.45) is 0. The predicted octanol–water partition coefficient (Wildman–Crippen LogP) is 2.23. The third-order valence-corrected chi connectivity index (χ3v) is 3.33. The van der Waals surface area contributed by atoms with Gasteiger partial charge in [-0.05, 0) is 24.6 Å². The minimum atomic E-state index is -0.286. The van der Waals surface area contributed by atoms with Crippen LogP contribution in [-0.4, -0.2) is 32.2 Å². The van der Waals surface area contributed by atoms with Crippen LogP contribution in [0.1, 0.15) is 12.5 Å². The van der Waals surface area contributed by atoms with Gasteiger partial charge in [0.25, 0.3) is 0 Å². The van der Waals surface area contributed by atoms with Gasteiger partial charge >= 0.3 is 0 Å². The molecule has 0 bridgehead atoms. The van der Waals surface area contributed by atoms with E-state index in [9.17, 15) is 4.79 Å². The summed E-state index contributed by atoms with van der Waals surface area (Å²) in [6.45, 7) is 3.37. The molecule has 1 aromatic rings. The highest BCUT2D eigenvalue weighted by Gasteiger charge is 2.11. The van der Waals surface area contributed by atoms with Gasteiger partial charge in [0.1, 0.15) is 0 Å². The van der Waals surface area contributed by atoms with Crippen LogP contribution < -0.4 is 10.6 Å². The third kappa shape index (κ3) is 5.78. The van der Waals surface area contributed by atoms with Crippen LogP contribution in [-0.2, 0) is 16.1 Å². The maximum absolute atomic E-state index is 11.7. The Hall–Kier alpha value is -0.810. The molecule has 0 saturated heterocycles. The minimum absolute atomic E-state index is 0.0582. The van der Waals surface area contributed by atoms with E-state index in [0.29, 0.717) is 29.7 Å². The molecule has 0 aromatic heterocycles. The van der Waals surface area contributed by atoms with Crippen molar-refractivity contribution in [3.63, 3.8) is 0 Å². The summed E-state index contributed by atoms with van der Waals surface area (Å²) in [4.78, 5) is 11.7. The number of carbonyl (C=O) groups excluding carboxylic acids is 1. The lowest BCUT2D eigenvalue weighted by molar-refractivity contribution is -0.122. The molecule has 4 nitrogen and oxygen atoms in total. The molecular formula is C13H18Cl2N2O2. The summed E-state index contributed by atoms with van der Waals surface area (Å²) < 4.78 is 4.86. The number of hydrogen-bond donors (Lipinski definition) is 2. The Bertz CT molecular complexity index is 427. The molecule has 0 radical (unpaired) electrons. The topological polar surface area (TPSA) is 50.4 Å². The quantitative estimate of drug-likeness (QED) is 0.760. The SMILES string of the molecule is COCCNC(=O)C(C)NCc1ccc(Cl)c(Cl)c1. The molecule has 0 fully saturated rings. The average Bonchev–Trinajstić information content (AvgIpc) is 2.40. The van der Waals surface area contributed by atoms with Crippen molar-refractivity contribution in [1.29, 1.82) is 0 Å². The fourth-order valence-corrected chi connectivity index (χ4v) is 1.76. The zero-order valence-electron chi connectivity index (χ0n) is 11.0. The van der Waals surface area contributed by atoms with Gasteiger partial charge in [-0.2, -0.15) is 0 Å². The van der Waals surface area contributed by atoms with Crippen molar-refractivity contribution < 1.29 is 9.53 Å². The van der Waals surface area contributed by atoms with E-state index in [2.05, 4.69) is 10.6 Å². The summed E-state index contributed by atoms with van der Waals surface area (Å²) in [7, 11) is 1.60. The van der Waals surface area contributed by atoms with Crippen LogP contribution in [0.25, 0.3) is 0 Å². The molecule has 1 atom stereocenters. The van der Waals surface area contributed by atoms with Crippen LogP contribution >= 0.6 is 23.2 Å². The zero-order valence-corrected chi connectivity index (χ0v) is 12.5. The Kier molecular flexibility index (Phi) is 7.16. The number of halogens is 2. The molecule has 1 rings (SSSR count). The summed E-state index contributed by atoms with van der Waals surface area (Å²) in [5.41, 5.74) is 0.978. The van der Waals surface area contributed by atoms with Gasteiger partial charge < -0.3 is 15.4 Å². The molecule has 1 amide bonds. The number of nitrogens with one attached hydrogen (secondary N) is 2. The van der Waals surface area contributed by atoms with E-state index in [-0.39, 0.29) is 11.9 Å². The van der Waals surface area contributed by atoms with Gasteiger partial charge in [0.15, 0.2) is 0 Å². The first-order valence-electron chi connectivity index (χ1n) is 5.98. The first kappa shape index (κ1) is 16.2. The molecular weight excluding hydrogens is 287 g/mol. The molecule has 1 unspecified atom stereocenters. The number of amides is 1. The third-order valence-electron chi connectivity index (χ3n) is 2.60. The first-order valence-corrected chi connectivity index (χ1v) is 6.74. The van der Waals surface area contributed by atoms with Gasteiger partial charge in [0.2, 0.25) is 5.91 Å². The molecule has 1 aromatic carbocycles. The Morgan fingerprint density at radius 3 is 2.74 bits per heavy atom. The van der Waals surface area contributed by atoms with Crippen LogP contribution in [0.15, 0.2) is 18.2 Å². The Morgan fingerprint density at radius 2 is 2.11 bits per heavy atom. The van der Waals surface area contributed by atoms with E-state index >= 15 is 0 Å². The summed E-state index contributed by atoms with van der Waals surface area (Å²) >= 11 is 11.8. The first-order chi connectivity index (χ1) is 9.04. The number of rotatable bonds is 7. The summed E-state index contributed by atoms with van der Waals surface area (Å²) in [6, 6.07) is 5.11. The van der Waals surface area contributed by atoms with E-state index in [1.54, 1.807) is 26.2 Å². The highest BCUT2D eigenvalue weighted by Crippen LogP contribution is 2.22. The molecule has 0 saturated carbocycles. The van der Waals surface area contributed by atoms with E-state index in [1.807, 2.05) is 6.07 Å². The van der Waals surface area contributed by atoms with Gasteiger partial charge in [-0.3, -0.25) is 4.79 Å². The summed E-state index contributed by atoms with van der Waals surface area (Å²) in [5.74, 6) is -0.0582. The molecule has 6 heteroatoms. The van der Waals surface area contributed by atoms with Crippen molar-refractivity contribution in [2.75, 3.05) is 20.3 Å². The highest BCUT2D eigenvalue weighted by atomic mass is 35.5. The number of benzene rings is 1. The normalized spacial score (nSPS) is 12.2. The largest absolute Gasteiger partial charge is 0.383 e. The van der Waals surface area contributed by atoms with Crippen LogP contribution in [0.5, 0.6) is 0 Å². The second kappa shape index (κ2) is 8.38. The van der Waals surface area contributed by atoms with Crippen molar-refractivity contribution in [2.24, 2.45) is 0 Å². The van der Waals surface area contributed by atoms with Crippen molar-refractivity contribution in [2.45, 2.75) is 19.5 Å². The fourth-order valence-electron chi connectivity index (χ4n) is 1.44. The molecule has 0 aliphatic carbocycles. The monoisotopic (exact) mass is 304 g/mol. The van der Waals surface area contributed by atoms with Gasteiger partial charge in [0.05, 0.1) is 22.7 Å². The van der Waals surface area contributed by atoms with Gasteiger partial charge in [-0.1, -0.05) is 29.3 Å². The molecule has 0 aliphatic rings. The van der Waals surface area contributed by atoms with Crippen LogP contribution in [0.4, 0.5) is 0 Å². The Balaban J connectivity index is 2.38. The van der Waals surface area contributed by atoms with Crippen LogP contribution in [0.2, 0.25) is 10.0 Å². The maximum Gasteiger partial charge on any atom is 0.236 e. The number of methoxy groups -OCH3 is 1. The van der Waals surface area contributed by atoms with E-state index < -0.39 is 0 Å². The van der Waals surface area contributed by atoms with Gasteiger partial charge in [0, 0.05) is 20.2 Å². The van der Waals surface area contributed by atoms with Crippen LogP contribution in [0.3, 0.4) is 0 Å². The van der Waals surface area contributed by atoms with E-state index in [1.165, 1.54) is 0 Å². The smallest absolute Gasteiger partial charge is 0.236 e. The zero-order chi connectivity index (χ0) is 14.3. The van der Waals surface area contributed by atoms with E-state index in [0.717, 1.165) is 5.56 Å². The lowest BCUT2D eigenvalue weighted by atomic mass is 10.2. The number of ether oxygens (including phenoxy) is 1. The van der Waals surface area contributed by atoms with Crippen molar-refractivity contribution in [3.8, 4) is 0 Å². The van der Waals surface area contributed by atoms with Crippen molar-refractivity contribution in [3.05, 3.63) is 33.8 Å². The van der Waals surface area contributed by atoms with Crippen molar-refractivity contribution in [1.82, 2.24) is 10.6 Å². The van der Waals surface area contributed by atoms with Crippen LogP contribution in [0, 0.1) is 0 Å². The highest BCUT2D eigenvalue weighted by molar-refractivity contribution is 6.42. The summed E-state index contributed by atoms with van der Waals surface area (Å²) in [5, 5.41) is 6.92. The Labute approximate surface area is 123 Å². The molecule has 106 valence electrons. The van der Waals surface area contributed by atoms with Crippen molar-refractivity contribution >= 4 is 29.1 Å². The van der Waals surface area contributed by atoms with Gasteiger partial charge in [-0.25, -0.2) is 0 Å². The molecule has 2 N–H and O–H groups in total. The fraction of sp³-hybridized carbons (Fsp3) is 0.462. The standard InChI is InChI=1S/C13H18Cl2N2O2/c1-9(13(18)16-5-6-19-2)17-8-10-3-4-11(14)12(15)7-10/h3-4,7,9,17H,5-6,8H2,1-2H3,(H,16,18). The number of carbonyl (C=O) groups is 1. The molecule has 0 spiro atoms. The molecule has 0 heterocycles. The minimum Gasteiger partial charge on any atom is -0.383 e. The second-order valence-corrected chi connectivity index (χ2v) is 4.95. The molecule has 19 heavy (non-hydrogen) atoms. The average molecular weight is 305 g/mol. The maximum atomic E-state index is 11.7.